The van der Waals surface area contributed by atoms with E-state index in [-0.39, 0.29) is 35.9 Å². The van der Waals surface area contributed by atoms with Crippen LogP contribution in [0.2, 0.25) is 0 Å². The summed E-state index contributed by atoms with van der Waals surface area (Å²) in [4.78, 5) is 23.9. The van der Waals surface area contributed by atoms with Crippen LogP contribution in [0.1, 0.15) is 15.9 Å². The number of methoxy groups -OCH3 is 1. The Morgan fingerprint density at radius 2 is 1.79 bits per heavy atom. The highest BCUT2D eigenvalue weighted by Gasteiger charge is 2.26. The zero-order valence-electron chi connectivity index (χ0n) is 16.0. The number of esters is 1. The SMILES string of the molecule is COC(=O)Cc1ccc(NC(=O)c2cccc(S(=O)(=O)N3CCOCC3)c2)cc1. The molecule has 154 valence electrons. The molecule has 1 saturated heterocycles. The van der Waals surface area contributed by atoms with E-state index in [1.54, 1.807) is 36.4 Å². The average Bonchev–Trinajstić information content (AvgIpc) is 2.75. The van der Waals surface area contributed by atoms with Gasteiger partial charge in [-0.2, -0.15) is 4.31 Å². The minimum Gasteiger partial charge on any atom is -0.469 e. The number of ether oxygens (including phenoxy) is 2. The molecule has 1 fully saturated rings. The zero-order valence-corrected chi connectivity index (χ0v) is 16.8. The number of nitrogens with zero attached hydrogens (tertiary/aromatic N) is 1. The Morgan fingerprint density at radius 3 is 2.45 bits per heavy atom. The number of amides is 1. The molecule has 1 aliphatic rings. The molecule has 1 N–H and O–H groups in total. The molecule has 8 nitrogen and oxygen atoms in total. The van der Waals surface area contributed by atoms with Crippen molar-refractivity contribution in [3.05, 3.63) is 59.7 Å². The van der Waals surface area contributed by atoms with E-state index in [1.807, 2.05) is 0 Å². The van der Waals surface area contributed by atoms with E-state index in [4.69, 9.17) is 4.74 Å². The topological polar surface area (TPSA) is 102 Å². The first-order valence-corrected chi connectivity index (χ1v) is 10.5. The number of hydrogen-bond acceptors (Lipinski definition) is 6. The Labute approximate surface area is 169 Å². The largest absolute Gasteiger partial charge is 0.469 e. The highest BCUT2D eigenvalue weighted by Crippen LogP contribution is 2.19. The summed E-state index contributed by atoms with van der Waals surface area (Å²) in [5.74, 6) is -0.773. The minimum absolute atomic E-state index is 0.0699. The Hall–Kier alpha value is -2.75. The standard InChI is InChI=1S/C20H22N2O6S/c1-27-19(23)13-15-5-7-17(8-6-15)21-20(24)16-3-2-4-18(14-16)29(25,26)22-9-11-28-12-10-22/h2-8,14H,9-13H2,1H3,(H,21,24). The molecule has 0 spiro atoms. The van der Waals surface area contributed by atoms with Crippen LogP contribution in [0.5, 0.6) is 0 Å². The molecule has 0 atom stereocenters. The van der Waals surface area contributed by atoms with Crippen LogP contribution in [0, 0.1) is 0 Å². The second-order valence-electron chi connectivity index (χ2n) is 6.45. The summed E-state index contributed by atoms with van der Waals surface area (Å²) in [5, 5.41) is 2.73. The van der Waals surface area contributed by atoms with Crippen molar-refractivity contribution in [3.8, 4) is 0 Å². The van der Waals surface area contributed by atoms with E-state index < -0.39 is 15.9 Å². The van der Waals surface area contributed by atoms with Crippen LogP contribution in [-0.2, 0) is 30.7 Å². The highest BCUT2D eigenvalue weighted by molar-refractivity contribution is 7.89. The van der Waals surface area contributed by atoms with Gasteiger partial charge in [-0.05, 0) is 35.9 Å². The maximum atomic E-state index is 12.8. The van der Waals surface area contributed by atoms with E-state index in [0.29, 0.717) is 18.9 Å². The molecule has 0 unspecified atom stereocenters. The first-order valence-electron chi connectivity index (χ1n) is 9.05. The van der Waals surface area contributed by atoms with Gasteiger partial charge in [0.05, 0.1) is 31.6 Å². The summed E-state index contributed by atoms with van der Waals surface area (Å²) >= 11 is 0. The van der Waals surface area contributed by atoms with Crippen LogP contribution in [-0.4, -0.2) is 58.0 Å². The number of anilines is 1. The van der Waals surface area contributed by atoms with Crippen LogP contribution in [0.3, 0.4) is 0 Å². The molecule has 0 radical (unpaired) electrons. The minimum atomic E-state index is -3.68. The molecule has 1 amide bonds. The maximum absolute atomic E-state index is 12.8. The van der Waals surface area contributed by atoms with Gasteiger partial charge >= 0.3 is 5.97 Å². The number of rotatable bonds is 6. The predicted octanol–water partition coefficient (Wildman–Crippen LogP) is 1.68. The summed E-state index contributed by atoms with van der Waals surface area (Å²) in [5.41, 5.74) is 1.52. The maximum Gasteiger partial charge on any atom is 0.309 e. The lowest BCUT2D eigenvalue weighted by atomic mass is 10.1. The number of sulfonamides is 1. The lowest BCUT2D eigenvalue weighted by Gasteiger charge is -2.26. The highest BCUT2D eigenvalue weighted by atomic mass is 32.2. The van der Waals surface area contributed by atoms with E-state index >= 15 is 0 Å². The summed E-state index contributed by atoms with van der Waals surface area (Å²) in [6.45, 7) is 1.28. The van der Waals surface area contributed by atoms with Gasteiger partial charge in [-0.25, -0.2) is 8.42 Å². The fraction of sp³-hybridized carbons (Fsp3) is 0.300. The smallest absolute Gasteiger partial charge is 0.309 e. The van der Waals surface area contributed by atoms with E-state index in [0.717, 1.165) is 5.56 Å². The van der Waals surface area contributed by atoms with Gasteiger partial charge in [0, 0.05) is 24.3 Å². The summed E-state index contributed by atoms with van der Waals surface area (Å²) in [6.07, 6.45) is 0.145. The normalized spacial score (nSPS) is 14.9. The molecular formula is C20H22N2O6S. The van der Waals surface area contributed by atoms with Gasteiger partial charge in [-0.1, -0.05) is 18.2 Å². The van der Waals surface area contributed by atoms with Crippen molar-refractivity contribution in [3.63, 3.8) is 0 Å². The third-order valence-corrected chi connectivity index (χ3v) is 6.39. The van der Waals surface area contributed by atoms with Crippen molar-refractivity contribution in [1.82, 2.24) is 4.31 Å². The fourth-order valence-corrected chi connectivity index (χ4v) is 4.34. The van der Waals surface area contributed by atoms with E-state index in [2.05, 4.69) is 10.1 Å². The van der Waals surface area contributed by atoms with E-state index in [9.17, 15) is 18.0 Å². The average molecular weight is 418 g/mol. The van der Waals surface area contributed by atoms with Crippen molar-refractivity contribution in [1.29, 1.82) is 0 Å². The van der Waals surface area contributed by atoms with Crippen LogP contribution in [0.25, 0.3) is 0 Å². The number of benzene rings is 2. The monoisotopic (exact) mass is 418 g/mol. The number of carbonyl (C=O) groups is 2. The fourth-order valence-electron chi connectivity index (χ4n) is 2.88. The third-order valence-electron chi connectivity index (χ3n) is 4.49. The van der Waals surface area contributed by atoms with Crippen LogP contribution < -0.4 is 5.32 Å². The molecule has 1 heterocycles. The molecule has 0 bridgehead atoms. The second kappa shape index (κ2) is 9.17. The van der Waals surface area contributed by atoms with Crippen molar-refractivity contribution in [2.45, 2.75) is 11.3 Å². The molecule has 0 saturated carbocycles. The molecule has 2 aromatic carbocycles. The number of carbonyl (C=O) groups excluding carboxylic acids is 2. The molecule has 0 aliphatic carbocycles. The van der Waals surface area contributed by atoms with Crippen LogP contribution >= 0.6 is 0 Å². The lowest BCUT2D eigenvalue weighted by Crippen LogP contribution is -2.40. The van der Waals surface area contributed by atoms with Crippen LogP contribution in [0.15, 0.2) is 53.4 Å². The zero-order chi connectivity index (χ0) is 20.9. The number of hydrogen-bond donors (Lipinski definition) is 1. The summed E-state index contributed by atoms with van der Waals surface area (Å²) < 4.78 is 36.7. The molecule has 1 aliphatic heterocycles. The van der Waals surface area contributed by atoms with Crippen molar-refractivity contribution < 1.29 is 27.5 Å². The van der Waals surface area contributed by atoms with Gasteiger partial charge in [-0.3, -0.25) is 9.59 Å². The van der Waals surface area contributed by atoms with Crippen molar-refractivity contribution in [2.24, 2.45) is 0 Å². The van der Waals surface area contributed by atoms with Crippen LogP contribution in [0.4, 0.5) is 5.69 Å². The number of nitrogens with one attached hydrogen (secondary N) is 1. The van der Waals surface area contributed by atoms with Gasteiger partial charge in [-0.15, -0.1) is 0 Å². The third kappa shape index (κ3) is 5.20. The number of morpholine rings is 1. The summed E-state index contributed by atoms with van der Waals surface area (Å²) in [7, 11) is -2.36. The summed E-state index contributed by atoms with van der Waals surface area (Å²) in [6, 6.07) is 12.7. The molecule has 0 aromatic heterocycles. The molecule has 9 heteroatoms. The predicted molar refractivity (Wildman–Crippen MR) is 106 cm³/mol. The van der Waals surface area contributed by atoms with Crippen molar-refractivity contribution in [2.75, 3.05) is 38.7 Å². The Balaban J connectivity index is 1.71. The van der Waals surface area contributed by atoms with Gasteiger partial charge in [0.2, 0.25) is 10.0 Å². The molecular weight excluding hydrogens is 396 g/mol. The van der Waals surface area contributed by atoms with Gasteiger partial charge in [0.1, 0.15) is 0 Å². The second-order valence-corrected chi connectivity index (χ2v) is 8.39. The first kappa shape index (κ1) is 21.0. The Bertz CT molecular complexity index is 982. The lowest BCUT2D eigenvalue weighted by molar-refractivity contribution is -0.139. The quantitative estimate of drug-likeness (QED) is 0.716. The van der Waals surface area contributed by atoms with Gasteiger partial charge in [0.25, 0.3) is 5.91 Å². The molecule has 3 rings (SSSR count). The Kier molecular flexibility index (Phi) is 6.63. The first-order chi connectivity index (χ1) is 13.9. The van der Waals surface area contributed by atoms with Crippen molar-refractivity contribution >= 4 is 27.6 Å². The molecule has 29 heavy (non-hydrogen) atoms. The van der Waals surface area contributed by atoms with Gasteiger partial charge < -0.3 is 14.8 Å². The molecule has 2 aromatic rings. The van der Waals surface area contributed by atoms with Gasteiger partial charge in [0.15, 0.2) is 0 Å². The Morgan fingerprint density at radius 1 is 1.10 bits per heavy atom. The van der Waals surface area contributed by atoms with E-state index in [1.165, 1.54) is 23.5 Å².